The smallest absolute Gasteiger partial charge is 0.124 e. The number of nitrogens with zero attached hydrogens (tertiary/aromatic N) is 1. The summed E-state index contributed by atoms with van der Waals surface area (Å²) < 4.78 is 13.7. The Labute approximate surface area is 120 Å². The van der Waals surface area contributed by atoms with Crippen LogP contribution in [-0.2, 0) is 0 Å². The van der Waals surface area contributed by atoms with Gasteiger partial charge in [-0.15, -0.1) is 0 Å². The fourth-order valence-electron chi connectivity index (χ4n) is 1.62. The van der Waals surface area contributed by atoms with Crippen LogP contribution in [0, 0.1) is 5.82 Å². The fourth-order valence-corrected chi connectivity index (χ4v) is 2.07. The van der Waals surface area contributed by atoms with E-state index in [4.69, 9.17) is 0 Å². The summed E-state index contributed by atoms with van der Waals surface area (Å²) in [5.41, 5.74) is 2.62. The van der Waals surface area contributed by atoms with Gasteiger partial charge in [-0.1, -0.05) is 6.92 Å². The Morgan fingerprint density at radius 3 is 2.74 bits per heavy atom. The van der Waals surface area contributed by atoms with Crippen LogP contribution in [0.15, 0.2) is 41.1 Å². The Morgan fingerprint density at radius 1 is 1.21 bits per heavy atom. The van der Waals surface area contributed by atoms with Crippen LogP contribution in [0.5, 0.6) is 0 Å². The molecular weight excluding hydrogens is 309 g/mol. The van der Waals surface area contributed by atoms with Gasteiger partial charge in [-0.25, -0.2) is 4.39 Å². The minimum atomic E-state index is -0.270. The van der Waals surface area contributed by atoms with E-state index in [2.05, 4.69) is 38.5 Å². The summed E-state index contributed by atoms with van der Waals surface area (Å²) in [5.74, 6) is -0.270. The molecule has 0 spiro atoms. The Morgan fingerprint density at radius 2 is 2.00 bits per heavy atom. The molecule has 0 saturated carbocycles. The highest BCUT2D eigenvalue weighted by Crippen LogP contribution is 2.27. The zero-order valence-electron chi connectivity index (χ0n) is 10.6. The molecule has 19 heavy (non-hydrogen) atoms. The number of rotatable bonds is 5. The third-order valence-corrected chi connectivity index (χ3v) is 3.18. The molecular formula is C14H15BrFN3. The topological polar surface area (TPSA) is 37.0 Å². The maximum Gasteiger partial charge on any atom is 0.124 e. The van der Waals surface area contributed by atoms with E-state index in [1.54, 1.807) is 18.5 Å². The number of aromatic nitrogens is 1. The molecule has 2 aromatic rings. The lowest BCUT2D eigenvalue weighted by atomic mass is 10.3. The van der Waals surface area contributed by atoms with E-state index in [-0.39, 0.29) is 5.82 Å². The van der Waals surface area contributed by atoms with Gasteiger partial charge in [0.15, 0.2) is 0 Å². The maximum atomic E-state index is 13.0. The average Bonchev–Trinajstić information content (AvgIpc) is 2.40. The van der Waals surface area contributed by atoms with Crippen LogP contribution in [0.4, 0.5) is 21.5 Å². The van der Waals surface area contributed by atoms with E-state index in [9.17, 15) is 4.39 Å². The van der Waals surface area contributed by atoms with Gasteiger partial charge in [0, 0.05) is 11.0 Å². The fraction of sp³-hybridized carbons (Fsp3) is 0.214. The van der Waals surface area contributed by atoms with Crippen LogP contribution in [0.3, 0.4) is 0 Å². The highest BCUT2D eigenvalue weighted by Gasteiger charge is 2.03. The number of anilines is 3. The summed E-state index contributed by atoms with van der Waals surface area (Å²) >= 11 is 3.33. The van der Waals surface area contributed by atoms with E-state index >= 15 is 0 Å². The van der Waals surface area contributed by atoms with E-state index in [0.717, 1.165) is 30.0 Å². The Hall–Kier alpha value is -1.62. The molecule has 3 nitrogen and oxygen atoms in total. The number of hydrogen-bond donors (Lipinski definition) is 2. The van der Waals surface area contributed by atoms with E-state index in [1.807, 2.05) is 6.07 Å². The van der Waals surface area contributed by atoms with Crippen molar-refractivity contribution in [3.8, 4) is 0 Å². The van der Waals surface area contributed by atoms with Gasteiger partial charge in [-0.3, -0.25) is 4.98 Å². The third-order valence-electron chi connectivity index (χ3n) is 2.53. The predicted octanol–water partition coefficient (Wildman–Crippen LogP) is 4.55. The van der Waals surface area contributed by atoms with Crippen molar-refractivity contribution < 1.29 is 4.39 Å². The standard InChI is InChI=1S/C14H15BrFN3/c1-2-5-18-11-7-12(9-17-8-11)19-14-4-3-10(16)6-13(14)15/h3-4,6-9,18-19H,2,5H2,1H3. The molecule has 0 aliphatic carbocycles. The van der Waals surface area contributed by atoms with Crippen molar-refractivity contribution in [2.75, 3.05) is 17.2 Å². The molecule has 0 saturated heterocycles. The van der Waals surface area contributed by atoms with Crippen molar-refractivity contribution in [2.24, 2.45) is 0 Å². The summed E-state index contributed by atoms with van der Waals surface area (Å²) in [6.45, 7) is 3.02. The number of nitrogens with one attached hydrogen (secondary N) is 2. The van der Waals surface area contributed by atoms with Gasteiger partial charge in [-0.05, 0) is 46.6 Å². The second-order valence-corrected chi connectivity index (χ2v) is 4.99. The molecule has 0 unspecified atom stereocenters. The molecule has 0 bridgehead atoms. The first-order chi connectivity index (χ1) is 9.19. The first kappa shape index (κ1) is 13.8. The van der Waals surface area contributed by atoms with E-state index in [0.29, 0.717) is 4.47 Å². The molecule has 0 atom stereocenters. The summed E-state index contributed by atoms with van der Waals surface area (Å²) in [5, 5.41) is 6.47. The predicted molar refractivity (Wildman–Crippen MR) is 80.4 cm³/mol. The quantitative estimate of drug-likeness (QED) is 0.847. The van der Waals surface area contributed by atoms with Crippen LogP contribution in [-0.4, -0.2) is 11.5 Å². The molecule has 0 fully saturated rings. The van der Waals surface area contributed by atoms with E-state index in [1.165, 1.54) is 12.1 Å². The van der Waals surface area contributed by atoms with Gasteiger partial charge in [0.2, 0.25) is 0 Å². The highest BCUT2D eigenvalue weighted by molar-refractivity contribution is 9.10. The van der Waals surface area contributed by atoms with Gasteiger partial charge in [-0.2, -0.15) is 0 Å². The van der Waals surface area contributed by atoms with E-state index < -0.39 is 0 Å². The SMILES string of the molecule is CCCNc1cncc(Nc2ccc(F)cc2Br)c1. The lowest BCUT2D eigenvalue weighted by Gasteiger charge is -2.10. The first-order valence-corrected chi connectivity index (χ1v) is 6.89. The zero-order valence-corrected chi connectivity index (χ0v) is 12.2. The Bertz CT molecular complexity index is 560. The molecule has 1 aromatic carbocycles. The second kappa shape index (κ2) is 6.52. The second-order valence-electron chi connectivity index (χ2n) is 4.14. The molecule has 2 rings (SSSR count). The third kappa shape index (κ3) is 3.92. The summed E-state index contributed by atoms with van der Waals surface area (Å²) in [7, 11) is 0. The van der Waals surface area contributed by atoms with Crippen molar-refractivity contribution in [3.05, 3.63) is 46.9 Å². The minimum Gasteiger partial charge on any atom is -0.384 e. The van der Waals surface area contributed by atoms with Crippen molar-refractivity contribution in [3.63, 3.8) is 0 Å². The van der Waals surface area contributed by atoms with Crippen molar-refractivity contribution in [2.45, 2.75) is 13.3 Å². The lowest BCUT2D eigenvalue weighted by Crippen LogP contribution is -2.01. The number of halogens is 2. The van der Waals surface area contributed by atoms with Crippen LogP contribution in [0.2, 0.25) is 0 Å². The molecule has 5 heteroatoms. The Kier molecular flexibility index (Phi) is 4.74. The number of hydrogen-bond acceptors (Lipinski definition) is 3. The van der Waals surface area contributed by atoms with Crippen molar-refractivity contribution in [1.29, 1.82) is 0 Å². The van der Waals surface area contributed by atoms with Gasteiger partial charge < -0.3 is 10.6 Å². The molecule has 1 aromatic heterocycles. The molecule has 2 N–H and O–H groups in total. The van der Waals surface area contributed by atoms with Crippen LogP contribution < -0.4 is 10.6 Å². The summed E-state index contributed by atoms with van der Waals surface area (Å²) in [4.78, 5) is 4.17. The summed E-state index contributed by atoms with van der Waals surface area (Å²) in [6, 6.07) is 6.50. The molecule has 100 valence electrons. The number of benzene rings is 1. The molecule has 0 aliphatic heterocycles. The van der Waals surface area contributed by atoms with Gasteiger partial charge in [0.25, 0.3) is 0 Å². The Balaban J connectivity index is 2.14. The molecule has 1 heterocycles. The molecule has 0 radical (unpaired) electrons. The van der Waals surface area contributed by atoms with Crippen molar-refractivity contribution in [1.82, 2.24) is 4.98 Å². The van der Waals surface area contributed by atoms with Gasteiger partial charge in [0.1, 0.15) is 5.82 Å². The lowest BCUT2D eigenvalue weighted by molar-refractivity contribution is 0.627. The van der Waals surface area contributed by atoms with Gasteiger partial charge in [0.05, 0.1) is 29.5 Å². The normalized spacial score (nSPS) is 10.3. The first-order valence-electron chi connectivity index (χ1n) is 6.10. The molecule has 0 aliphatic rings. The zero-order chi connectivity index (χ0) is 13.7. The van der Waals surface area contributed by atoms with Gasteiger partial charge >= 0.3 is 0 Å². The monoisotopic (exact) mass is 323 g/mol. The minimum absolute atomic E-state index is 0.270. The van der Waals surface area contributed by atoms with Crippen LogP contribution >= 0.6 is 15.9 Å². The van der Waals surface area contributed by atoms with Crippen LogP contribution in [0.25, 0.3) is 0 Å². The maximum absolute atomic E-state index is 13.0. The molecule has 0 amide bonds. The number of pyridine rings is 1. The highest BCUT2D eigenvalue weighted by atomic mass is 79.9. The average molecular weight is 324 g/mol. The van der Waals surface area contributed by atoms with Crippen LogP contribution in [0.1, 0.15) is 13.3 Å². The largest absolute Gasteiger partial charge is 0.384 e. The van der Waals surface area contributed by atoms with Crippen molar-refractivity contribution >= 4 is 33.0 Å². The summed E-state index contributed by atoms with van der Waals surface area (Å²) in [6.07, 6.45) is 4.56.